The number of pyridine rings is 1. The van der Waals surface area contributed by atoms with Crippen molar-refractivity contribution >= 4 is 17.3 Å². The second-order valence-corrected chi connectivity index (χ2v) is 2.91. The van der Waals surface area contributed by atoms with Gasteiger partial charge in [0.1, 0.15) is 0 Å². The van der Waals surface area contributed by atoms with E-state index in [1.165, 1.54) is 0 Å². The van der Waals surface area contributed by atoms with Gasteiger partial charge in [-0.15, -0.1) is 0 Å². The monoisotopic (exact) mass is 238 g/mol. The molecule has 5 nitrogen and oxygen atoms in total. The number of halogens is 3. The second-order valence-electron chi connectivity index (χ2n) is 2.55. The first-order valence-corrected chi connectivity index (χ1v) is 4.07. The lowest BCUT2D eigenvalue weighted by Gasteiger charge is -2.06. The van der Waals surface area contributed by atoms with Crippen molar-refractivity contribution in [2.45, 2.75) is 13.0 Å². The number of hydrogen-bond donors (Lipinski definition) is 1. The Hall–Kier alpha value is -1.34. The number of nitro groups is 1. The van der Waals surface area contributed by atoms with E-state index in [4.69, 9.17) is 16.7 Å². The van der Waals surface area contributed by atoms with Crippen molar-refractivity contribution in [3.8, 4) is 0 Å². The number of hydrogen-bond acceptors (Lipinski definition) is 4. The Balaban J connectivity index is 3.47. The summed E-state index contributed by atoms with van der Waals surface area (Å²) in [6.07, 6.45) is -2.23. The molecule has 0 saturated carbocycles. The zero-order valence-corrected chi connectivity index (χ0v) is 7.91. The molecule has 0 atom stereocenters. The predicted molar refractivity (Wildman–Crippen MR) is 46.8 cm³/mol. The quantitative estimate of drug-likeness (QED) is 0.497. The fourth-order valence-corrected chi connectivity index (χ4v) is 1.30. The van der Waals surface area contributed by atoms with Crippen LogP contribution in [0.15, 0.2) is 6.20 Å². The summed E-state index contributed by atoms with van der Waals surface area (Å²) < 4.78 is 24.7. The van der Waals surface area contributed by atoms with Crippen molar-refractivity contribution in [3.05, 3.63) is 32.6 Å². The first kappa shape index (κ1) is 11.7. The maximum Gasteiger partial charge on any atom is 0.312 e. The Morgan fingerprint density at radius 1 is 1.67 bits per heavy atom. The third kappa shape index (κ3) is 2.18. The van der Waals surface area contributed by atoms with Crippen LogP contribution in [-0.4, -0.2) is 15.0 Å². The number of nitrogens with zero attached hydrogens (tertiary/aromatic N) is 2. The summed E-state index contributed by atoms with van der Waals surface area (Å²) in [7, 11) is 0. The molecule has 0 aliphatic heterocycles. The Morgan fingerprint density at radius 2 is 2.27 bits per heavy atom. The van der Waals surface area contributed by atoms with E-state index in [0.29, 0.717) is 6.20 Å². The third-order valence-corrected chi connectivity index (χ3v) is 2.00. The standard InChI is InChI=1S/C7H5ClF2N2O3/c8-6-5(12(14)15)4(2-13)3(1-11-6)7(9)10/h1,7,13H,2H2. The topological polar surface area (TPSA) is 76.3 Å². The van der Waals surface area contributed by atoms with Crippen molar-refractivity contribution in [2.75, 3.05) is 0 Å². The van der Waals surface area contributed by atoms with E-state index in [0.717, 1.165) is 0 Å². The summed E-state index contributed by atoms with van der Waals surface area (Å²) >= 11 is 5.37. The van der Waals surface area contributed by atoms with Gasteiger partial charge < -0.3 is 5.11 Å². The molecule has 1 rings (SSSR count). The van der Waals surface area contributed by atoms with Gasteiger partial charge in [-0.2, -0.15) is 0 Å². The average molecular weight is 239 g/mol. The average Bonchev–Trinajstić information content (AvgIpc) is 2.15. The van der Waals surface area contributed by atoms with Crippen molar-refractivity contribution in [2.24, 2.45) is 0 Å². The van der Waals surface area contributed by atoms with E-state index < -0.39 is 39.9 Å². The molecule has 0 spiro atoms. The normalized spacial score (nSPS) is 10.7. The number of alkyl halides is 2. The van der Waals surface area contributed by atoms with Gasteiger partial charge >= 0.3 is 5.69 Å². The molecule has 0 aliphatic carbocycles. The molecule has 1 aromatic heterocycles. The fraction of sp³-hybridized carbons (Fsp3) is 0.286. The Morgan fingerprint density at radius 3 is 2.67 bits per heavy atom. The zero-order valence-electron chi connectivity index (χ0n) is 7.15. The second kappa shape index (κ2) is 4.45. The number of aromatic nitrogens is 1. The van der Waals surface area contributed by atoms with Crippen LogP contribution in [0.4, 0.5) is 14.5 Å². The molecule has 1 aromatic rings. The zero-order chi connectivity index (χ0) is 11.6. The molecule has 82 valence electrons. The molecule has 15 heavy (non-hydrogen) atoms. The van der Waals surface area contributed by atoms with E-state index in [1.54, 1.807) is 0 Å². The molecule has 0 aliphatic rings. The lowest BCUT2D eigenvalue weighted by atomic mass is 10.1. The minimum atomic E-state index is -2.95. The predicted octanol–water partition coefficient (Wildman–Crippen LogP) is 2.07. The summed E-state index contributed by atoms with van der Waals surface area (Å²) in [5.41, 5.74) is -1.97. The van der Waals surface area contributed by atoms with Gasteiger partial charge in [-0.05, 0) is 0 Å². The van der Waals surface area contributed by atoms with Gasteiger partial charge in [0.15, 0.2) is 0 Å². The van der Waals surface area contributed by atoms with Crippen LogP contribution in [0.5, 0.6) is 0 Å². The van der Waals surface area contributed by atoms with Gasteiger partial charge in [0, 0.05) is 11.8 Å². The van der Waals surface area contributed by atoms with E-state index in [1.807, 2.05) is 0 Å². The molecule has 0 bridgehead atoms. The minimum Gasteiger partial charge on any atom is -0.391 e. The highest BCUT2D eigenvalue weighted by molar-refractivity contribution is 6.31. The summed E-state index contributed by atoms with van der Waals surface area (Å²) in [5, 5.41) is 18.8. The van der Waals surface area contributed by atoms with Crippen molar-refractivity contribution in [1.29, 1.82) is 0 Å². The largest absolute Gasteiger partial charge is 0.391 e. The van der Waals surface area contributed by atoms with Gasteiger partial charge in [0.25, 0.3) is 6.43 Å². The lowest BCUT2D eigenvalue weighted by molar-refractivity contribution is -0.386. The lowest BCUT2D eigenvalue weighted by Crippen LogP contribution is -2.03. The van der Waals surface area contributed by atoms with Crippen molar-refractivity contribution in [3.63, 3.8) is 0 Å². The number of rotatable bonds is 3. The van der Waals surface area contributed by atoms with Crippen LogP contribution >= 0.6 is 11.6 Å². The summed E-state index contributed by atoms with van der Waals surface area (Å²) in [6, 6.07) is 0. The highest BCUT2D eigenvalue weighted by atomic mass is 35.5. The van der Waals surface area contributed by atoms with E-state index in [9.17, 15) is 18.9 Å². The Kier molecular flexibility index (Phi) is 3.48. The van der Waals surface area contributed by atoms with Crippen LogP contribution in [0.3, 0.4) is 0 Å². The van der Waals surface area contributed by atoms with Crippen molar-refractivity contribution < 1.29 is 18.8 Å². The number of aliphatic hydroxyl groups excluding tert-OH is 1. The molecule has 0 aromatic carbocycles. The highest BCUT2D eigenvalue weighted by Gasteiger charge is 2.26. The van der Waals surface area contributed by atoms with E-state index in [-0.39, 0.29) is 0 Å². The van der Waals surface area contributed by atoms with Gasteiger partial charge in [-0.1, -0.05) is 11.6 Å². The Labute approximate surface area is 87.5 Å². The van der Waals surface area contributed by atoms with Crippen LogP contribution in [-0.2, 0) is 6.61 Å². The molecule has 1 heterocycles. The maximum atomic E-state index is 12.4. The van der Waals surface area contributed by atoms with Gasteiger partial charge in [-0.25, -0.2) is 13.8 Å². The minimum absolute atomic E-state index is 0.505. The molecule has 0 fully saturated rings. The maximum absolute atomic E-state index is 12.4. The van der Waals surface area contributed by atoms with Gasteiger partial charge in [0.05, 0.1) is 17.1 Å². The van der Waals surface area contributed by atoms with Gasteiger partial charge in [-0.3, -0.25) is 10.1 Å². The molecular formula is C7H5ClF2N2O3. The molecular weight excluding hydrogens is 234 g/mol. The fourth-order valence-electron chi connectivity index (χ4n) is 1.07. The van der Waals surface area contributed by atoms with E-state index >= 15 is 0 Å². The molecule has 0 radical (unpaired) electrons. The summed E-state index contributed by atoms with van der Waals surface area (Å²) in [4.78, 5) is 12.8. The van der Waals surface area contributed by atoms with Crippen LogP contribution < -0.4 is 0 Å². The van der Waals surface area contributed by atoms with Crippen LogP contribution in [0.2, 0.25) is 5.15 Å². The number of aliphatic hydroxyl groups is 1. The first-order chi connectivity index (χ1) is 6.99. The van der Waals surface area contributed by atoms with Crippen LogP contribution in [0, 0.1) is 10.1 Å². The molecule has 8 heteroatoms. The molecule has 0 unspecified atom stereocenters. The highest BCUT2D eigenvalue weighted by Crippen LogP contribution is 2.33. The summed E-state index contributed by atoms with van der Waals surface area (Å²) in [6.45, 7) is -0.891. The van der Waals surface area contributed by atoms with Gasteiger partial charge in [0.2, 0.25) is 5.15 Å². The molecule has 0 amide bonds. The SMILES string of the molecule is O=[N+]([O-])c1c(Cl)ncc(C(F)F)c1CO. The third-order valence-electron chi connectivity index (χ3n) is 1.72. The summed E-state index contributed by atoms with van der Waals surface area (Å²) in [5.74, 6) is 0. The Bertz CT molecular complexity index is 400. The van der Waals surface area contributed by atoms with E-state index in [2.05, 4.69) is 4.98 Å². The molecule has 0 saturated heterocycles. The first-order valence-electron chi connectivity index (χ1n) is 3.69. The van der Waals surface area contributed by atoms with Crippen LogP contribution in [0.1, 0.15) is 17.6 Å². The van der Waals surface area contributed by atoms with Crippen LogP contribution in [0.25, 0.3) is 0 Å². The smallest absolute Gasteiger partial charge is 0.312 e. The van der Waals surface area contributed by atoms with Crippen molar-refractivity contribution in [1.82, 2.24) is 4.98 Å². The molecule has 1 N–H and O–H groups in total.